The number of methoxy groups -OCH3 is 1. The van der Waals surface area contributed by atoms with Gasteiger partial charge in [-0.3, -0.25) is 19.3 Å². The number of aliphatic carboxylic acids is 1. The molecule has 1 aliphatic heterocycles. The number of amides is 2. The Kier molecular flexibility index (Phi) is 8.26. The zero-order valence-electron chi connectivity index (χ0n) is 18.9. The average Bonchev–Trinajstić information content (AvgIpc) is 2.79. The highest BCUT2D eigenvalue weighted by atomic mass is 16.5. The van der Waals surface area contributed by atoms with Crippen molar-refractivity contribution in [3.63, 3.8) is 0 Å². The van der Waals surface area contributed by atoms with E-state index in [-0.39, 0.29) is 18.2 Å². The smallest absolute Gasteiger partial charge is 0.308 e. The number of anilines is 3. The van der Waals surface area contributed by atoms with E-state index in [1.807, 2.05) is 24.3 Å². The molecule has 3 N–H and O–H groups in total. The van der Waals surface area contributed by atoms with Crippen LogP contribution in [0, 0.1) is 5.92 Å². The minimum absolute atomic E-state index is 0.133. The highest BCUT2D eigenvalue weighted by molar-refractivity contribution is 5.94. The van der Waals surface area contributed by atoms with E-state index in [0.717, 1.165) is 24.5 Å². The summed E-state index contributed by atoms with van der Waals surface area (Å²) >= 11 is 0. The number of rotatable bonds is 9. The van der Waals surface area contributed by atoms with Crippen molar-refractivity contribution in [3.05, 3.63) is 48.5 Å². The molecule has 1 saturated heterocycles. The van der Waals surface area contributed by atoms with Crippen molar-refractivity contribution in [2.75, 3.05) is 55.4 Å². The molecule has 176 valence electrons. The van der Waals surface area contributed by atoms with Crippen molar-refractivity contribution >= 4 is 34.8 Å². The Bertz CT molecular complexity index is 988. The summed E-state index contributed by atoms with van der Waals surface area (Å²) < 4.78 is 5.44. The molecule has 1 atom stereocenters. The summed E-state index contributed by atoms with van der Waals surface area (Å²) in [6.45, 7) is 4.58. The molecule has 0 saturated carbocycles. The highest BCUT2D eigenvalue weighted by Crippen LogP contribution is 2.28. The van der Waals surface area contributed by atoms with Gasteiger partial charge in [-0.1, -0.05) is 18.2 Å². The van der Waals surface area contributed by atoms with Crippen LogP contribution in [0.4, 0.5) is 17.1 Å². The Morgan fingerprint density at radius 2 is 1.67 bits per heavy atom. The molecule has 2 amide bonds. The lowest BCUT2D eigenvalue weighted by atomic mass is 10.0. The predicted octanol–water partition coefficient (Wildman–Crippen LogP) is 2.51. The highest BCUT2D eigenvalue weighted by Gasteiger charge is 2.27. The zero-order chi connectivity index (χ0) is 23.8. The molecule has 9 heteroatoms. The Morgan fingerprint density at radius 3 is 2.30 bits per heavy atom. The molecule has 1 aliphatic rings. The van der Waals surface area contributed by atoms with Gasteiger partial charge in [0.05, 0.1) is 18.7 Å². The van der Waals surface area contributed by atoms with Gasteiger partial charge in [-0.2, -0.15) is 0 Å². The minimum atomic E-state index is -0.996. The molecule has 1 fully saturated rings. The number of hydrogen-bond donors (Lipinski definition) is 3. The number of benzene rings is 2. The number of ether oxygens (including phenoxy) is 1. The van der Waals surface area contributed by atoms with E-state index >= 15 is 0 Å². The molecular weight excluding hydrogens is 424 g/mol. The Hall–Kier alpha value is -3.59. The number of para-hydroxylation sites is 2. The van der Waals surface area contributed by atoms with Gasteiger partial charge in [-0.15, -0.1) is 0 Å². The lowest BCUT2D eigenvalue weighted by Crippen LogP contribution is -2.49. The van der Waals surface area contributed by atoms with Crippen molar-refractivity contribution in [1.29, 1.82) is 0 Å². The predicted molar refractivity (Wildman–Crippen MR) is 127 cm³/mol. The molecule has 0 unspecified atom stereocenters. The number of carboxylic acid groups (broad SMARTS) is 1. The lowest BCUT2D eigenvalue weighted by molar-refractivity contribution is -0.144. The van der Waals surface area contributed by atoms with E-state index < -0.39 is 11.9 Å². The SMILES string of the molecule is COc1ccccc1N1CCN(C[C@@H](CC(=O)Nc2cccc(NC(C)=O)c2)C(=O)O)CC1. The summed E-state index contributed by atoms with van der Waals surface area (Å²) in [5, 5.41) is 15.1. The number of nitrogens with zero attached hydrogens (tertiary/aromatic N) is 2. The number of carbonyl (C=O) groups is 3. The van der Waals surface area contributed by atoms with Crippen LogP contribution in [0.3, 0.4) is 0 Å². The Balaban J connectivity index is 1.53. The molecule has 1 heterocycles. The second-order valence-electron chi connectivity index (χ2n) is 8.01. The van der Waals surface area contributed by atoms with Crippen LogP contribution in [0.2, 0.25) is 0 Å². The van der Waals surface area contributed by atoms with Crippen LogP contribution in [-0.4, -0.2) is 67.6 Å². The van der Waals surface area contributed by atoms with Crippen molar-refractivity contribution < 1.29 is 24.2 Å². The summed E-state index contributed by atoms with van der Waals surface area (Å²) in [6, 6.07) is 14.6. The van der Waals surface area contributed by atoms with Crippen LogP contribution < -0.4 is 20.3 Å². The molecule has 0 bridgehead atoms. The van der Waals surface area contributed by atoms with Crippen LogP contribution in [0.5, 0.6) is 5.75 Å². The van der Waals surface area contributed by atoms with E-state index in [1.165, 1.54) is 6.92 Å². The summed E-state index contributed by atoms with van der Waals surface area (Å²) in [5.41, 5.74) is 2.08. The number of hydrogen-bond acceptors (Lipinski definition) is 6. The van der Waals surface area contributed by atoms with Crippen molar-refractivity contribution in [3.8, 4) is 5.75 Å². The number of carboxylic acids is 1. The molecule has 3 rings (SSSR count). The van der Waals surface area contributed by atoms with Crippen LogP contribution in [0.25, 0.3) is 0 Å². The standard InChI is InChI=1S/C24H30N4O5/c1-17(29)25-19-6-5-7-20(15-19)26-23(30)14-18(24(31)32)16-27-10-12-28(13-11-27)21-8-3-4-9-22(21)33-2/h3-9,15,18H,10-14,16H2,1-2H3,(H,25,29)(H,26,30)(H,31,32)/t18-/m1/s1. The quantitative estimate of drug-likeness (QED) is 0.534. The maximum atomic E-state index is 12.5. The average molecular weight is 455 g/mol. The van der Waals surface area contributed by atoms with Crippen molar-refractivity contribution in [2.24, 2.45) is 5.92 Å². The van der Waals surface area contributed by atoms with Gasteiger partial charge in [0, 0.05) is 57.4 Å². The Labute approximate surface area is 193 Å². The third kappa shape index (κ3) is 6.95. The fourth-order valence-electron chi connectivity index (χ4n) is 3.92. The first kappa shape index (κ1) is 24.1. The molecule has 0 aliphatic carbocycles. The molecule has 0 spiro atoms. The van der Waals surface area contributed by atoms with Gasteiger partial charge in [0.25, 0.3) is 0 Å². The fraction of sp³-hybridized carbons (Fsp3) is 0.375. The summed E-state index contributed by atoms with van der Waals surface area (Å²) in [4.78, 5) is 39.8. The molecule has 0 aromatic heterocycles. The maximum absolute atomic E-state index is 12.5. The van der Waals surface area contributed by atoms with E-state index in [1.54, 1.807) is 31.4 Å². The van der Waals surface area contributed by atoms with Crippen molar-refractivity contribution in [1.82, 2.24) is 4.90 Å². The van der Waals surface area contributed by atoms with Gasteiger partial charge in [0.1, 0.15) is 5.75 Å². The van der Waals surface area contributed by atoms with Gasteiger partial charge in [-0.05, 0) is 30.3 Å². The van der Waals surface area contributed by atoms with E-state index in [2.05, 4.69) is 20.4 Å². The molecule has 2 aromatic carbocycles. The second kappa shape index (κ2) is 11.3. The Morgan fingerprint density at radius 1 is 1.00 bits per heavy atom. The summed E-state index contributed by atoms with van der Waals surface area (Å²) in [5.74, 6) is -1.59. The third-order valence-electron chi connectivity index (χ3n) is 5.52. The fourth-order valence-corrected chi connectivity index (χ4v) is 3.92. The molecular formula is C24H30N4O5. The molecule has 2 aromatic rings. The molecule has 0 radical (unpaired) electrons. The normalized spacial score (nSPS) is 14.9. The first-order valence-electron chi connectivity index (χ1n) is 10.9. The van der Waals surface area contributed by atoms with Crippen LogP contribution >= 0.6 is 0 Å². The third-order valence-corrected chi connectivity index (χ3v) is 5.52. The van der Waals surface area contributed by atoms with Gasteiger partial charge < -0.3 is 25.4 Å². The summed E-state index contributed by atoms with van der Waals surface area (Å²) in [6.07, 6.45) is -0.133. The van der Waals surface area contributed by atoms with Crippen LogP contribution in [-0.2, 0) is 14.4 Å². The van der Waals surface area contributed by atoms with Crippen LogP contribution in [0.1, 0.15) is 13.3 Å². The van der Waals surface area contributed by atoms with Gasteiger partial charge >= 0.3 is 5.97 Å². The van der Waals surface area contributed by atoms with Gasteiger partial charge in [0.15, 0.2) is 0 Å². The molecule has 9 nitrogen and oxygen atoms in total. The number of piperazine rings is 1. The van der Waals surface area contributed by atoms with Gasteiger partial charge in [-0.25, -0.2) is 0 Å². The number of nitrogens with one attached hydrogen (secondary N) is 2. The van der Waals surface area contributed by atoms with E-state index in [0.29, 0.717) is 31.0 Å². The van der Waals surface area contributed by atoms with Gasteiger partial charge in [0.2, 0.25) is 11.8 Å². The second-order valence-corrected chi connectivity index (χ2v) is 8.01. The zero-order valence-corrected chi connectivity index (χ0v) is 18.9. The largest absolute Gasteiger partial charge is 0.495 e. The first-order chi connectivity index (χ1) is 15.9. The van der Waals surface area contributed by atoms with Crippen LogP contribution in [0.15, 0.2) is 48.5 Å². The summed E-state index contributed by atoms with van der Waals surface area (Å²) in [7, 11) is 1.65. The number of carbonyl (C=O) groups excluding carboxylic acids is 2. The van der Waals surface area contributed by atoms with E-state index in [4.69, 9.17) is 4.74 Å². The maximum Gasteiger partial charge on any atom is 0.308 e. The first-order valence-corrected chi connectivity index (χ1v) is 10.9. The minimum Gasteiger partial charge on any atom is -0.495 e. The topological polar surface area (TPSA) is 111 Å². The van der Waals surface area contributed by atoms with Crippen molar-refractivity contribution in [2.45, 2.75) is 13.3 Å². The molecule has 33 heavy (non-hydrogen) atoms. The monoisotopic (exact) mass is 454 g/mol. The lowest BCUT2D eigenvalue weighted by Gasteiger charge is -2.37. The van der Waals surface area contributed by atoms with E-state index in [9.17, 15) is 19.5 Å².